The molecule has 0 spiro atoms. The molecule has 1 atom stereocenters. The van der Waals surface area contributed by atoms with Gasteiger partial charge in [-0.3, -0.25) is 11.3 Å². The topological polar surface area (TPSA) is 47.3 Å². The highest BCUT2D eigenvalue weighted by atomic mass is 35.5. The first-order chi connectivity index (χ1) is 8.11. The third kappa shape index (κ3) is 5.91. The number of ether oxygens (including phenoxy) is 1. The molecule has 1 rings (SSSR count). The monoisotopic (exact) mass is 256 g/mol. The van der Waals surface area contributed by atoms with E-state index in [0.717, 1.165) is 18.6 Å². The molecule has 0 fully saturated rings. The van der Waals surface area contributed by atoms with Crippen LogP contribution in [0.4, 0.5) is 0 Å². The van der Waals surface area contributed by atoms with Crippen molar-refractivity contribution in [2.45, 2.75) is 32.7 Å². The molecule has 0 radical (unpaired) electrons. The fourth-order valence-corrected chi connectivity index (χ4v) is 1.60. The van der Waals surface area contributed by atoms with Crippen LogP contribution < -0.4 is 16.0 Å². The number of hydrazine groups is 1. The molecule has 1 aromatic carbocycles. The lowest BCUT2D eigenvalue weighted by Gasteiger charge is -2.17. The van der Waals surface area contributed by atoms with E-state index in [-0.39, 0.29) is 6.04 Å². The molecule has 4 heteroatoms. The summed E-state index contributed by atoms with van der Waals surface area (Å²) in [6.07, 6.45) is 2.15. The zero-order valence-electron chi connectivity index (χ0n) is 10.4. The summed E-state index contributed by atoms with van der Waals surface area (Å²) < 4.78 is 5.65. The largest absolute Gasteiger partial charge is 0.492 e. The second kappa shape index (κ2) is 7.54. The first kappa shape index (κ1) is 14.3. The molecular weight excluding hydrogens is 236 g/mol. The fourth-order valence-electron chi connectivity index (χ4n) is 1.48. The van der Waals surface area contributed by atoms with Gasteiger partial charge in [0, 0.05) is 5.02 Å². The highest BCUT2D eigenvalue weighted by molar-refractivity contribution is 6.30. The molecule has 17 heavy (non-hydrogen) atoms. The van der Waals surface area contributed by atoms with Gasteiger partial charge in [-0.1, -0.05) is 25.4 Å². The second-order valence-electron chi connectivity index (χ2n) is 4.60. The van der Waals surface area contributed by atoms with E-state index in [1.54, 1.807) is 0 Å². The summed E-state index contributed by atoms with van der Waals surface area (Å²) in [4.78, 5) is 0. The van der Waals surface area contributed by atoms with Crippen molar-refractivity contribution in [1.82, 2.24) is 5.43 Å². The minimum atomic E-state index is 0.188. The van der Waals surface area contributed by atoms with Crippen molar-refractivity contribution in [3.8, 4) is 5.75 Å². The van der Waals surface area contributed by atoms with E-state index < -0.39 is 0 Å². The van der Waals surface area contributed by atoms with Gasteiger partial charge in [-0.05, 0) is 43.0 Å². The molecule has 0 saturated carbocycles. The molecule has 96 valence electrons. The van der Waals surface area contributed by atoms with Gasteiger partial charge >= 0.3 is 0 Å². The lowest BCUT2D eigenvalue weighted by molar-refractivity contribution is 0.251. The minimum Gasteiger partial charge on any atom is -0.492 e. The van der Waals surface area contributed by atoms with Crippen molar-refractivity contribution in [1.29, 1.82) is 0 Å². The van der Waals surface area contributed by atoms with E-state index >= 15 is 0 Å². The standard InChI is InChI=1S/C13H21ClN2O/c1-10(2)3-6-12(16-15)9-17-13-7-4-11(14)5-8-13/h4-5,7-8,10,12,16H,3,6,9,15H2,1-2H3. The van der Waals surface area contributed by atoms with Crippen molar-refractivity contribution in [2.75, 3.05) is 6.61 Å². The van der Waals surface area contributed by atoms with Crippen molar-refractivity contribution in [2.24, 2.45) is 11.8 Å². The van der Waals surface area contributed by atoms with Crippen LogP contribution >= 0.6 is 11.6 Å². The lowest BCUT2D eigenvalue weighted by Crippen LogP contribution is -2.39. The van der Waals surface area contributed by atoms with Gasteiger partial charge in [-0.25, -0.2) is 0 Å². The Bertz CT molecular complexity index is 314. The quantitative estimate of drug-likeness (QED) is 0.582. The summed E-state index contributed by atoms with van der Waals surface area (Å²) in [5, 5.41) is 0.714. The Hall–Kier alpha value is -0.770. The molecule has 0 amide bonds. The van der Waals surface area contributed by atoms with Crippen molar-refractivity contribution >= 4 is 11.6 Å². The summed E-state index contributed by atoms with van der Waals surface area (Å²) >= 11 is 5.80. The number of benzene rings is 1. The Balaban J connectivity index is 2.34. The summed E-state index contributed by atoms with van der Waals surface area (Å²) in [5.41, 5.74) is 2.79. The minimum absolute atomic E-state index is 0.188. The number of hydrogen-bond acceptors (Lipinski definition) is 3. The Labute approximate surface area is 108 Å². The molecule has 0 heterocycles. The maximum absolute atomic E-state index is 5.80. The first-order valence-corrected chi connectivity index (χ1v) is 6.34. The molecule has 1 unspecified atom stereocenters. The van der Waals surface area contributed by atoms with Gasteiger partial charge in [0.25, 0.3) is 0 Å². The van der Waals surface area contributed by atoms with Gasteiger partial charge in [-0.15, -0.1) is 0 Å². The molecule has 0 saturated heterocycles. The van der Waals surface area contributed by atoms with Crippen LogP contribution in [0.5, 0.6) is 5.75 Å². The predicted molar refractivity (Wildman–Crippen MR) is 72.1 cm³/mol. The Morgan fingerprint density at radius 1 is 1.24 bits per heavy atom. The molecule has 0 aliphatic carbocycles. The van der Waals surface area contributed by atoms with Crippen molar-refractivity contribution in [3.63, 3.8) is 0 Å². The number of hydrogen-bond donors (Lipinski definition) is 2. The fraction of sp³-hybridized carbons (Fsp3) is 0.538. The van der Waals surface area contributed by atoms with E-state index in [2.05, 4.69) is 19.3 Å². The SMILES string of the molecule is CC(C)CCC(COc1ccc(Cl)cc1)NN. The Morgan fingerprint density at radius 3 is 2.41 bits per heavy atom. The van der Waals surface area contributed by atoms with Crippen LogP contribution in [-0.4, -0.2) is 12.6 Å². The number of rotatable bonds is 7. The van der Waals surface area contributed by atoms with Gasteiger partial charge in [0.1, 0.15) is 12.4 Å². The maximum Gasteiger partial charge on any atom is 0.119 e. The molecule has 3 nitrogen and oxygen atoms in total. The summed E-state index contributed by atoms with van der Waals surface area (Å²) in [6.45, 7) is 4.98. The van der Waals surface area contributed by atoms with Gasteiger partial charge in [0.05, 0.1) is 6.04 Å². The Kier molecular flexibility index (Phi) is 6.34. The average molecular weight is 257 g/mol. The lowest BCUT2D eigenvalue weighted by atomic mass is 10.0. The van der Waals surface area contributed by atoms with E-state index in [1.807, 2.05) is 24.3 Å². The van der Waals surface area contributed by atoms with E-state index in [9.17, 15) is 0 Å². The summed E-state index contributed by atoms with van der Waals surface area (Å²) in [7, 11) is 0. The van der Waals surface area contributed by atoms with Gasteiger partial charge in [-0.2, -0.15) is 0 Å². The van der Waals surface area contributed by atoms with Crippen LogP contribution in [0.25, 0.3) is 0 Å². The first-order valence-electron chi connectivity index (χ1n) is 5.96. The average Bonchev–Trinajstić information content (AvgIpc) is 2.31. The van der Waals surface area contributed by atoms with E-state index in [0.29, 0.717) is 17.5 Å². The summed E-state index contributed by atoms with van der Waals surface area (Å²) in [6, 6.07) is 7.54. The van der Waals surface area contributed by atoms with E-state index in [1.165, 1.54) is 0 Å². The number of nitrogens with one attached hydrogen (secondary N) is 1. The van der Waals surface area contributed by atoms with Crippen LogP contribution in [0.15, 0.2) is 24.3 Å². The van der Waals surface area contributed by atoms with Crippen LogP contribution in [-0.2, 0) is 0 Å². The molecular formula is C13H21ClN2O. The molecule has 0 aromatic heterocycles. The normalized spacial score (nSPS) is 12.8. The zero-order valence-corrected chi connectivity index (χ0v) is 11.2. The van der Waals surface area contributed by atoms with Gasteiger partial charge in [0.15, 0.2) is 0 Å². The Morgan fingerprint density at radius 2 is 1.88 bits per heavy atom. The van der Waals surface area contributed by atoms with Crippen LogP contribution in [0, 0.1) is 5.92 Å². The van der Waals surface area contributed by atoms with Crippen LogP contribution in [0.1, 0.15) is 26.7 Å². The molecule has 1 aromatic rings. The second-order valence-corrected chi connectivity index (χ2v) is 5.04. The highest BCUT2D eigenvalue weighted by Crippen LogP contribution is 2.16. The van der Waals surface area contributed by atoms with Gasteiger partial charge in [0.2, 0.25) is 0 Å². The molecule has 0 bridgehead atoms. The number of nitrogens with two attached hydrogens (primary N) is 1. The van der Waals surface area contributed by atoms with Crippen molar-refractivity contribution in [3.05, 3.63) is 29.3 Å². The third-order valence-corrected chi connectivity index (χ3v) is 2.84. The van der Waals surface area contributed by atoms with Crippen molar-refractivity contribution < 1.29 is 4.74 Å². The van der Waals surface area contributed by atoms with Crippen LogP contribution in [0.2, 0.25) is 5.02 Å². The molecule has 3 N–H and O–H groups in total. The smallest absolute Gasteiger partial charge is 0.119 e. The third-order valence-electron chi connectivity index (χ3n) is 2.59. The predicted octanol–water partition coefficient (Wildman–Crippen LogP) is 2.99. The van der Waals surface area contributed by atoms with E-state index in [4.69, 9.17) is 22.2 Å². The summed E-state index contributed by atoms with van der Waals surface area (Å²) in [5.74, 6) is 7.00. The van der Waals surface area contributed by atoms with Gasteiger partial charge < -0.3 is 4.74 Å². The molecule has 0 aliphatic rings. The zero-order chi connectivity index (χ0) is 12.7. The maximum atomic E-state index is 5.80. The molecule has 0 aliphatic heterocycles. The number of halogens is 1. The van der Waals surface area contributed by atoms with Crippen LogP contribution in [0.3, 0.4) is 0 Å². The highest BCUT2D eigenvalue weighted by Gasteiger charge is 2.08.